The molecule has 19 heavy (non-hydrogen) atoms. The van der Waals surface area contributed by atoms with Gasteiger partial charge in [-0.3, -0.25) is 4.79 Å². The van der Waals surface area contributed by atoms with E-state index >= 15 is 0 Å². The Morgan fingerprint density at radius 2 is 1.84 bits per heavy atom. The largest absolute Gasteiger partial charge is 0.304 e. The predicted octanol–water partition coefficient (Wildman–Crippen LogP) is 1.74. The number of rotatable bonds is 3. The maximum atomic E-state index is 12.4. The Morgan fingerprint density at radius 3 is 2.37 bits per heavy atom. The van der Waals surface area contributed by atoms with E-state index in [0.717, 1.165) is 18.5 Å². The third-order valence-electron chi connectivity index (χ3n) is 3.44. The molecule has 2 aliphatic rings. The van der Waals surface area contributed by atoms with Gasteiger partial charge in [-0.05, 0) is 31.1 Å². The SMILES string of the molecule is O=C(C1CC1)N(c1ccccc1)C1C=CS(=O)(=O)C1. The Bertz CT molecular complexity index is 617. The van der Waals surface area contributed by atoms with Crippen molar-refractivity contribution in [3.63, 3.8) is 0 Å². The van der Waals surface area contributed by atoms with Crippen molar-refractivity contribution in [3.05, 3.63) is 41.8 Å². The van der Waals surface area contributed by atoms with E-state index in [1.807, 2.05) is 30.3 Å². The topological polar surface area (TPSA) is 54.5 Å². The van der Waals surface area contributed by atoms with Gasteiger partial charge in [-0.15, -0.1) is 0 Å². The minimum absolute atomic E-state index is 0.0135. The molecule has 1 aliphatic heterocycles. The summed E-state index contributed by atoms with van der Waals surface area (Å²) in [6.45, 7) is 0. The highest BCUT2D eigenvalue weighted by Crippen LogP contribution is 2.34. The van der Waals surface area contributed by atoms with Crippen LogP contribution in [0, 0.1) is 5.92 Å². The van der Waals surface area contributed by atoms with Crippen LogP contribution in [0.5, 0.6) is 0 Å². The summed E-state index contributed by atoms with van der Waals surface area (Å²) in [4.78, 5) is 14.0. The lowest BCUT2D eigenvalue weighted by atomic mass is 10.2. The Hall–Kier alpha value is -1.62. The quantitative estimate of drug-likeness (QED) is 0.845. The fraction of sp³-hybridized carbons (Fsp3) is 0.357. The number of anilines is 1. The number of nitrogens with zero attached hydrogens (tertiary/aromatic N) is 1. The molecule has 5 heteroatoms. The molecule has 0 saturated heterocycles. The predicted molar refractivity (Wildman–Crippen MR) is 73.4 cm³/mol. The molecular formula is C14H15NO3S. The fourth-order valence-corrected chi connectivity index (χ4v) is 3.59. The van der Waals surface area contributed by atoms with Crippen LogP contribution in [0.3, 0.4) is 0 Å². The van der Waals surface area contributed by atoms with Crippen molar-refractivity contribution in [2.75, 3.05) is 10.7 Å². The normalized spacial score (nSPS) is 24.3. The van der Waals surface area contributed by atoms with Gasteiger partial charge in [-0.1, -0.05) is 18.2 Å². The first-order chi connectivity index (χ1) is 9.07. The van der Waals surface area contributed by atoms with Gasteiger partial charge < -0.3 is 4.90 Å². The molecule has 1 aromatic carbocycles. The molecule has 0 bridgehead atoms. The van der Waals surface area contributed by atoms with Gasteiger partial charge in [0.2, 0.25) is 5.91 Å². The Balaban J connectivity index is 1.93. The first-order valence-electron chi connectivity index (χ1n) is 6.36. The second-order valence-electron chi connectivity index (χ2n) is 5.04. The summed E-state index contributed by atoms with van der Waals surface area (Å²) in [6.07, 6.45) is 3.43. The van der Waals surface area contributed by atoms with Crippen LogP contribution in [0.1, 0.15) is 12.8 Å². The van der Waals surface area contributed by atoms with Crippen LogP contribution in [-0.2, 0) is 14.6 Å². The van der Waals surface area contributed by atoms with Crippen LogP contribution >= 0.6 is 0 Å². The Labute approximate surface area is 112 Å². The zero-order valence-electron chi connectivity index (χ0n) is 10.4. The van der Waals surface area contributed by atoms with E-state index < -0.39 is 9.84 Å². The van der Waals surface area contributed by atoms with Gasteiger partial charge in [-0.2, -0.15) is 0 Å². The minimum atomic E-state index is -3.16. The van der Waals surface area contributed by atoms with Crippen molar-refractivity contribution in [3.8, 4) is 0 Å². The maximum absolute atomic E-state index is 12.4. The highest BCUT2D eigenvalue weighted by Gasteiger charge is 2.38. The highest BCUT2D eigenvalue weighted by atomic mass is 32.2. The number of para-hydroxylation sites is 1. The van der Waals surface area contributed by atoms with Gasteiger partial charge in [0, 0.05) is 17.0 Å². The van der Waals surface area contributed by atoms with Gasteiger partial charge in [0.25, 0.3) is 0 Å². The smallest absolute Gasteiger partial charge is 0.230 e. The van der Waals surface area contributed by atoms with Gasteiger partial charge in [0.05, 0.1) is 11.8 Å². The molecule has 0 spiro atoms. The van der Waals surface area contributed by atoms with Crippen LogP contribution in [0.2, 0.25) is 0 Å². The second kappa shape index (κ2) is 4.49. The molecule has 1 aliphatic carbocycles. The fourth-order valence-electron chi connectivity index (χ4n) is 2.32. The maximum Gasteiger partial charge on any atom is 0.230 e. The number of carbonyl (C=O) groups excluding carboxylic acids is 1. The number of amides is 1. The molecule has 1 saturated carbocycles. The van der Waals surface area contributed by atoms with Crippen molar-refractivity contribution in [2.24, 2.45) is 5.92 Å². The Morgan fingerprint density at radius 1 is 1.16 bits per heavy atom. The zero-order valence-corrected chi connectivity index (χ0v) is 11.2. The van der Waals surface area contributed by atoms with Gasteiger partial charge in [0.15, 0.2) is 9.84 Å². The summed E-state index contributed by atoms with van der Waals surface area (Å²) in [6, 6.07) is 8.91. The molecule has 1 heterocycles. The molecule has 0 N–H and O–H groups in total. The molecule has 0 radical (unpaired) electrons. The Kier molecular flexibility index (Phi) is 2.93. The minimum Gasteiger partial charge on any atom is -0.304 e. The first kappa shape index (κ1) is 12.4. The van der Waals surface area contributed by atoms with Crippen LogP contribution in [0.4, 0.5) is 5.69 Å². The summed E-state index contributed by atoms with van der Waals surface area (Å²) in [5.41, 5.74) is 0.770. The summed E-state index contributed by atoms with van der Waals surface area (Å²) >= 11 is 0. The average Bonchev–Trinajstić information content (AvgIpc) is 3.16. The lowest BCUT2D eigenvalue weighted by molar-refractivity contribution is -0.120. The van der Waals surface area contributed by atoms with Crippen molar-refractivity contribution >= 4 is 21.4 Å². The summed E-state index contributed by atoms with van der Waals surface area (Å²) < 4.78 is 23.1. The highest BCUT2D eigenvalue weighted by molar-refractivity contribution is 7.94. The van der Waals surface area contributed by atoms with Crippen LogP contribution in [0.25, 0.3) is 0 Å². The van der Waals surface area contributed by atoms with E-state index in [1.165, 1.54) is 5.41 Å². The number of hydrogen-bond acceptors (Lipinski definition) is 3. The van der Waals surface area contributed by atoms with Gasteiger partial charge in [-0.25, -0.2) is 8.42 Å². The number of hydrogen-bond donors (Lipinski definition) is 0. The standard InChI is InChI=1S/C14H15NO3S/c16-14(11-6-7-11)15(12-4-2-1-3-5-12)13-8-9-19(17,18)10-13/h1-5,8-9,11,13H,6-7,10H2. The number of carbonyl (C=O) groups is 1. The van der Waals surface area contributed by atoms with E-state index in [-0.39, 0.29) is 23.6 Å². The van der Waals surface area contributed by atoms with Gasteiger partial charge >= 0.3 is 0 Å². The molecule has 4 nitrogen and oxygen atoms in total. The summed E-state index contributed by atoms with van der Waals surface area (Å²) in [5, 5.41) is 1.22. The van der Waals surface area contributed by atoms with E-state index in [9.17, 15) is 13.2 Å². The van der Waals surface area contributed by atoms with Crippen molar-refractivity contribution in [2.45, 2.75) is 18.9 Å². The van der Waals surface area contributed by atoms with Crippen molar-refractivity contribution < 1.29 is 13.2 Å². The van der Waals surface area contributed by atoms with E-state index in [0.29, 0.717) is 0 Å². The molecule has 1 atom stereocenters. The second-order valence-corrected chi connectivity index (χ2v) is 6.97. The molecule has 1 fully saturated rings. The summed E-state index contributed by atoms with van der Waals surface area (Å²) in [7, 11) is -3.16. The molecular weight excluding hydrogens is 262 g/mol. The first-order valence-corrected chi connectivity index (χ1v) is 8.07. The van der Waals surface area contributed by atoms with Crippen molar-refractivity contribution in [1.29, 1.82) is 0 Å². The zero-order chi connectivity index (χ0) is 13.5. The van der Waals surface area contributed by atoms with E-state index in [4.69, 9.17) is 0 Å². The molecule has 1 aromatic rings. The molecule has 1 unspecified atom stereocenters. The lowest BCUT2D eigenvalue weighted by Crippen LogP contribution is -2.42. The van der Waals surface area contributed by atoms with Crippen LogP contribution < -0.4 is 4.90 Å². The van der Waals surface area contributed by atoms with Crippen molar-refractivity contribution in [1.82, 2.24) is 0 Å². The lowest BCUT2D eigenvalue weighted by Gasteiger charge is -2.27. The van der Waals surface area contributed by atoms with Crippen LogP contribution in [0.15, 0.2) is 41.8 Å². The van der Waals surface area contributed by atoms with Gasteiger partial charge in [0.1, 0.15) is 0 Å². The monoisotopic (exact) mass is 277 g/mol. The molecule has 1 amide bonds. The number of sulfone groups is 1. The summed E-state index contributed by atoms with van der Waals surface area (Å²) in [5.74, 6) is 0.0928. The third kappa shape index (κ3) is 2.56. The molecule has 100 valence electrons. The van der Waals surface area contributed by atoms with E-state index in [1.54, 1.807) is 11.0 Å². The van der Waals surface area contributed by atoms with E-state index in [2.05, 4.69) is 0 Å². The van der Waals surface area contributed by atoms with Crippen LogP contribution in [-0.4, -0.2) is 26.1 Å². The third-order valence-corrected chi connectivity index (χ3v) is 4.82. The molecule has 0 aromatic heterocycles. The molecule has 3 rings (SSSR count). The average molecular weight is 277 g/mol. The number of benzene rings is 1.